The van der Waals surface area contributed by atoms with E-state index in [1.54, 1.807) is 13.4 Å². The Hall–Kier alpha value is -2.61. The number of hydrogen-bond acceptors (Lipinski definition) is 5. The van der Waals surface area contributed by atoms with Gasteiger partial charge < -0.3 is 23.8 Å². The van der Waals surface area contributed by atoms with Gasteiger partial charge in [0.2, 0.25) is 0 Å². The van der Waals surface area contributed by atoms with Crippen LogP contribution in [0.5, 0.6) is 0 Å². The SMILES string of the molecule is CO[C@H](C(=O)N[C@@H](Cc1coc2ccccc12)B1O[C@@H]2C[C@@H](C(C)C)C[C@@H](C)[C@]2(C)O1)c1ccccc1. The molecule has 1 aliphatic heterocycles. The number of fused-ring (bicyclic) bond motifs is 2. The summed E-state index contributed by atoms with van der Waals surface area (Å²) in [5.41, 5.74) is 2.24. The van der Waals surface area contributed by atoms with E-state index < -0.39 is 24.8 Å². The Kier molecular flexibility index (Phi) is 7.48. The maximum Gasteiger partial charge on any atom is 0.482 e. The molecule has 1 saturated heterocycles. The number of nitrogens with one attached hydrogen (secondary N) is 1. The van der Waals surface area contributed by atoms with Crippen molar-refractivity contribution >= 4 is 24.0 Å². The summed E-state index contributed by atoms with van der Waals surface area (Å²) in [5.74, 6) is 0.910. The summed E-state index contributed by atoms with van der Waals surface area (Å²) < 4.78 is 24.8. The molecular weight excluding hydrogens is 465 g/mol. The van der Waals surface area contributed by atoms with Crippen LogP contribution >= 0.6 is 0 Å². The molecule has 0 bridgehead atoms. The smallest absolute Gasteiger partial charge is 0.464 e. The summed E-state index contributed by atoms with van der Waals surface area (Å²) >= 11 is 0. The van der Waals surface area contributed by atoms with E-state index in [0.717, 1.165) is 34.9 Å². The van der Waals surface area contributed by atoms with Gasteiger partial charge in [-0.2, -0.15) is 0 Å². The molecule has 3 aromatic rings. The fourth-order valence-corrected chi connectivity index (χ4v) is 6.08. The Morgan fingerprint density at radius 3 is 2.59 bits per heavy atom. The maximum absolute atomic E-state index is 13.6. The van der Waals surface area contributed by atoms with Crippen molar-refractivity contribution in [1.29, 1.82) is 0 Å². The normalized spacial score (nSPS) is 27.3. The minimum absolute atomic E-state index is 0.0125. The highest BCUT2D eigenvalue weighted by molar-refractivity contribution is 6.48. The number of benzene rings is 2. The maximum atomic E-state index is 13.6. The average molecular weight is 503 g/mol. The number of carbonyl (C=O) groups excluding carboxylic acids is 1. The van der Waals surface area contributed by atoms with Crippen molar-refractivity contribution in [2.24, 2.45) is 17.8 Å². The van der Waals surface area contributed by atoms with Gasteiger partial charge in [0.15, 0.2) is 6.10 Å². The highest BCUT2D eigenvalue weighted by Gasteiger charge is 2.57. The highest BCUT2D eigenvalue weighted by atomic mass is 16.7. The van der Waals surface area contributed by atoms with E-state index in [4.69, 9.17) is 18.5 Å². The molecule has 0 spiro atoms. The molecule has 1 saturated carbocycles. The molecule has 2 aliphatic rings. The lowest BCUT2D eigenvalue weighted by molar-refractivity contribution is -0.131. The molecule has 2 aromatic carbocycles. The summed E-state index contributed by atoms with van der Waals surface area (Å²) in [4.78, 5) is 13.6. The standard InChI is InChI=1S/C30H38BNO5/c1-19(2)22-15-20(3)30(4)26(16-22)36-31(37-30)27(17-23-18-35-25-14-10-9-13-24(23)25)32-29(33)28(34-5)21-11-7-6-8-12-21/h6-14,18-20,22,26-28H,15-17H2,1-5H3,(H,32,33)/t20-,22+,26-,27+,28+,30+/m1/s1. The molecule has 6 nitrogen and oxygen atoms in total. The Bertz CT molecular complexity index is 1210. The van der Waals surface area contributed by atoms with Crippen molar-refractivity contribution in [2.45, 2.75) is 70.7 Å². The van der Waals surface area contributed by atoms with E-state index in [2.05, 4.69) is 33.0 Å². The lowest BCUT2D eigenvalue weighted by Gasteiger charge is -2.44. The van der Waals surface area contributed by atoms with Crippen LogP contribution in [0.25, 0.3) is 11.0 Å². The first-order chi connectivity index (χ1) is 17.8. The van der Waals surface area contributed by atoms with Crippen LogP contribution in [0.3, 0.4) is 0 Å². The van der Waals surface area contributed by atoms with Crippen molar-refractivity contribution < 1.29 is 23.3 Å². The predicted octanol–water partition coefficient (Wildman–Crippen LogP) is 5.75. The van der Waals surface area contributed by atoms with E-state index in [9.17, 15) is 4.79 Å². The zero-order valence-electron chi connectivity index (χ0n) is 22.5. The quantitative estimate of drug-likeness (QED) is 0.397. The average Bonchev–Trinajstić information content (AvgIpc) is 3.46. The number of methoxy groups -OCH3 is 1. The van der Waals surface area contributed by atoms with E-state index in [1.165, 1.54) is 0 Å². The first-order valence-electron chi connectivity index (χ1n) is 13.5. The molecule has 7 heteroatoms. The molecule has 1 N–H and O–H groups in total. The van der Waals surface area contributed by atoms with Gasteiger partial charge in [-0.1, -0.05) is 69.3 Å². The third-order valence-corrected chi connectivity index (χ3v) is 8.64. The van der Waals surface area contributed by atoms with Gasteiger partial charge in [-0.25, -0.2) is 0 Å². The van der Waals surface area contributed by atoms with Gasteiger partial charge >= 0.3 is 7.12 Å². The van der Waals surface area contributed by atoms with Crippen LogP contribution in [-0.2, 0) is 25.3 Å². The van der Waals surface area contributed by atoms with Crippen LogP contribution in [0.1, 0.15) is 57.8 Å². The van der Waals surface area contributed by atoms with Crippen LogP contribution < -0.4 is 5.32 Å². The van der Waals surface area contributed by atoms with Crippen LogP contribution in [0.2, 0.25) is 0 Å². The first-order valence-corrected chi connectivity index (χ1v) is 13.5. The fraction of sp³-hybridized carbons (Fsp3) is 0.500. The summed E-state index contributed by atoms with van der Waals surface area (Å²) in [6.45, 7) is 9.01. The summed E-state index contributed by atoms with van der Waals surface area (Å²) in [7, 11) is 0.983. The molecule has 0 radical (unpaired) electrons. The minimum atomic E-state index is -0.728. The predicted molar refractivity (Wildman–Crippen MR) is 145 cm³/mol. The first kappa shape index (κ1) is 26.0. The lowest BCUT2D eigenvalue weighted by atomic mass is 9.68. The van der Waals surface area contributed by atoms with Crippen molar-refractivity contribution in [3.05, 3.63) is 72.0 Å². The second-order valence-corrected chi connectivity index (χ2v) is 11.3. The molecule has 1 amide bonds. The van der Waals surface area contributed by atoms with Gasteiger partial charge in [0, 0.05) is 12.5 Å². The number of rotatable bonds is 8. The van der Waals surface area contributed by atoms with Gasteiger partial charge in [-0.15, -0.1) is 0 Å². The number of amides is 1. The molecular formula is C30H38BNO5. The van der Waals surface area contributed by atoms with E-state index in [1.807, 2.05) is 54.6 Å². The number of para-hydroxylation sites is 1. The number of furan rings is 1. The zero-order chi connectivity index (χ0) is 26.2. The molecule has 1 aromatic heterocycles. The van der Waals surface area contributed by atoms with Gasteiger partial charge in [0.25, 0.3) is 5.91 Å². The summed E-state index contributed by atoms with van der Waals surface area (Å²) in [6, 6.07) is 17.5. The van der Waals surface area contributed by atoms with Crippen molar-refractivity contribution in [3.63, 3.8) is 0 Å². The van der Waals surface area contributed by atoms with E-state index >= 15 is 0 Å². The lowest BCUT2D eigenvalue weighted by Crippen LogP contribution is -2.52. The van der Waals surface area contributed by atoms with Crippen LogP contribution in [0, 0.1) is 17.8 Å². The Morgan fingerprint density at radius 1 is 1.14 bits per heavy atom. The second-order valence-electron chi connectivity index (χ2n) is 11.3. The van der Waals surface area contributed by atoms with Crippen molar-refractivity contribution in [1.82, 2.24) is 5.32 Å². The van der Waals surface area contributed by atoms with Crippen LogP contribution in [0.4, 0.5) is 0 Å². The summed E-state index contributed by atoms with van der Waals surface area (Å²) in [6.07, 6.45) is 3.63. The number of carbonyl (C=O) groups is 1. The second kappa shape index (κ2) is 10.6. The van der Waals surface area contributed by atoms with E-state index in [0.29, 0.717) is 24.2 Å². The van der Waals surface area contributed by atoms with Gasteiger partial charge in [-0.3, -0.25) is 4.79 Å². The number of hydrogen-bond donors (Lipinski definition) is 1. The molecule has 196 valence electrons. The molecule has 5 rings (SSSR count). The third kappa shape index (κ3) is 5.09. The molecule has 2 fully saturated rings. The third-order valence-electron chi connectivity index (χ3n) is 8.64. The number of ether oxygens (including phenoxy) is 1. The Balaban J connectivity index is 1.43. The largest absolute Gasteiger partial charge is 0.482 e. The molecule has 37 heavy (non-hydrogen) atoms. The molecule has 0 unspecified atom stereocenters. The topological polar surface area (TPSA) is 69.9 Å². The zero-order valence-corrected chi connectivity index (χ0v) is 22.5. The summed E-state index contributed by atoms with van der Waals surface area (Å²) in [5, 5.41) is 4.26. The van der Waals surface area contributed by atoms with Gasteiger partial charge in [0.1, 0.15) is 5.58 Å². The molecule has 1 aliphatic carbocycles. The van der Waals surface area contributed by atoms with Gasteiger partial charge in [-0.05, 0) is 61.1 Å². The molecule has 6 atom stereocenters. The Morgan fingerprint density at radius 2 is 1.86 bits per heavy atom. The van der Waals surface area contributed by atoms with Gasteiger partial charge in [0.05, 0.1) is 23.9 Å². The fourth-order valence-electron chi connectivity index (χ4n) is 6.08. The Labute approximate surface area is 220 Å². The minimum Gasteiger partial charge on any atom is -0.464 e. The van der Waals surface area contributed by atoms with Crippen LogP contribution in [-0.4, -0.2) is 37.8 Å². The molecule has 2 heterocycles. The highest BCUT2D eigenvalue weighted by Crippen LogP contribution is 2.47. The van der Waals surface area contributed by atoms with Crippen molar-refractivity contribution in [2.75, 3.05) is 7.11 Å². The van der Waals surface area contributed by atoms with Crippen molar-refractivity contribution in [3.8, 4) is 0 Å². The van der Waals surface area contributed by atoms with Crippen LogP contribution in [0.15, 0.2) is 65.3 Å². The van der Waals surface area contributed by atoms with E-state index in [-0.39, 0.29) is 12.0 Å². The monoisotopic (exact) mass is 503 g/mol.